The molecule has 0 radical (unpaired) electrons. The lowest BCUT2D eigenvalue weighted by Crippen LogP contribution is -2.48. The second kappa shape index (κ2) is 9.68. The number of likely N-dealkylation sites (tertiary alicyclic amines) is 1. The van der Waals surface area contributed by atoms with E-state index in [2.05, 4.69) is 76.6 Å². The molecule has 1 N–H and O–H groups in total. The molecule has 2 aliphatic heterocycles. The van der Waals surface area contributed by atoms with Crippen LogP contribution >= 0.6 is 11.8 Å². The van der Waals surface area contributed by atoms with Crippen LogP contribution in [0.3, 0.4) is 0 Å². The van der Waals surface area contributed by atoms with E-state index in [1.54, 1.807) is 0 Å². The van der Waals surface area contributed by atoms with Crippen LogP contribution in [0.25, 0.3) is 0 Å². The van der Waals surface area contributed by atoms with Crippen molar-refractivity contribution >= 4 is 23.4 Å². The van der Waals surface area contributed by atoms with E-state index in [1.165, 1.54) is 16.1 Å². The third kappa shape index (κ3) is 5.34. The molecular weight excluding hydrogens is 378 g/mol. The summed E-state index contributed by atoms with van der Waals surface area (Å²) in [5.74, 6) is 0.156. The molecule has 2 aliphatic rings. The first-order valence-corrected chi connectivity index (χ1v) is 11.7. The van der Waals surface area contributed by atoms with E-state index in [0.29, 0.717) is 17.8 Å². The van der Waals surface area contributed by atoms with Crippen molar-refractivity contribution in [2.75, 3.05) is 31.1 Å². The molecule has 29 heavy (non-hydrogen) atoms. The highest BCUT2D eigenvalue weighted by Crippen LogP contribution is 2.39. The number of anilines is 1. The minimum Gasteiger partial charge on any atom is -0.360 e. The second-order valence-electron chi connectivity index (χ2n) is 8.10. The van der Waals surface area contributed by atoms with Crippen molar-refractivity contribution in [3.05, 3.63) is 60.2 Å². The number of para-hydroxylation sites is 1. The van der Waals surface area contributed by atoms with Gasteiger partial charge in [0.1, 0.15) is 0 Å². The molecule has 2 aromatic carbocycles. The Balaban J connectivity index is 1.27. The molecule has 1 atom stereocenters. The minimum absolute atomic E-state index is 0.156. The van der Waals surface area contributed by atoms with Gasteiger partial charge in [-0.05, 0) is 37.0 Å². The fraction of sp³-hybridized carbons (Fsp3) is 0.458. The minimum atomic E-state index is 0.156. The van der Waals surface area contributed by atoms with Crippen molar-refractivity contribution in [1.82, 2.24) is 10.2 Å². The predicted octanol–water partition coefficient (Wildman–Crippen LogP) is 4.16. The molecule has 4 nitrogen and oxygen atoms in total. The summed E-state index contributed by atoms with van der Waals surface area (Å²) in [7, 11) is 0. The van der Waals surface area contributed by atoms with Gasteiger partial charge in [0.15, 0.2) is 0 Å². The van der Waals surface area contributed by atoms with Gasteiger partial charge in [0.05, 0.1) is 12.2 Å². The van der Waals surface area contributed by atoms with E-state index in [9.17, 15) is 4.79 Å². The van der Waals surface area contributed by atoms with Gasteiger partial charge in [0.25, 0.3) is 0 Å². The van der Waals surface area contributed by atoms with Crippen LogP contribution in [0.5, 0.6) is 0 Å². The number of amides is 1. The normalized spacial score (nSPS) is 20.3. The van der Waals surface area contributed by atoms with Crippen LogP contribution in [-0.2, 0) is 11.3 Å². The Morgan fingerprint density at radius 1 is 1.07 bits per heavy atom. The van der Waals surface area contributed by atoms with E-state index in [0.717, 1.165) is 45.4 Å². The summed E-state index contributed by atoms with van der Waals surface area (Å²) in [6, 6.07) is 19.4. The summed E-state index contributed by atoms with van der Waals surface area (Å²) in [5, 5.41) is 3.85. The number of hydrogen-bond acceptors (Lipinski definition) is 4. The maximum absolute atomic E-state index is 12.8. The zero-order valence-corrected chi connectivity index (χ0v) is 18.0. The molecule has 1 saturated heterocycles. The lowest BCUT2D eigenvalue weighted by atomic mass is 10.0. The molecule has 2 aromatic rings. The molecule has 0 unspecified atom stereocenters. The van der Waals surface area contributed by atoms with Crippen LogP contribution < -0.4 is 10.2 Å². The summed E-state index contributed by atoms with van der Waals surface area (Å²) in [6.45, 7) is 6.72. The number of rotatable bonds is 6. The number of carbonyl (C=O) groups excluding carboxylic acids is 1. The fourth-order valence-electron chi connectivity index (χ4n) is 4.26. The summed E-state index contributed by atoms with van der Waals surface area (Å²) in [5.41, 5.74) is 2.57. The number of benzene rings is 2. The number of nitrogens with one attached hydrogen (secondary N) is 1. The number of hydrogen-bond donors (Lipinski definition) is 1. The zero-order chi connectivity index (χ0) is 20.1. The number of piperidine rings is 1. The number of carbonyl (C=O) groups is 1. The Labute approximate surface area is 178 Å². The highest BCUT2D eigenvalue weighted by molar-refractivity contribution is 8.00. The zero-order valence-electron chi connectivity index (χ0n) is 17.2. The highest BCUT2D eigenvalue weighted by atomic mass is 32.2. The summed E-state index contributed by atoms with van der Waals surface area (Å²) >= 11 is 1.95. The lowest BCUT2D eigenvalue weighted by molar-refractivity contribution is -0.120. The molecule has 1 fully saturated rings. The predicted molar refractivity (Wildman–Crippen MR) is 121 cm³/mol. The van der Waals surface area contributed by atoms with Gasteiger partial charge in [0.2, 0.25) is 5.91 Å². The van der Waals surface area contributed by atoms with Gasteiger partial charge in [-0.25, -0.2) is 0 Å². The van der Waals surface area contributed by atoms with Crippen LogP contribution in [0.1, 0.15) is 31.7 Å². The number of thioether (sulfide) groups is 1. The average Bonchev–Trinajstić information content (AvgIpc) is 2.75. The van der Waals surface area contributed by atoms with Crippen molar-refractivity contribution in [2.45, 2.75) is 48.9 Å². The van der Waals surface area contributed by atoms with Crippen molar-refractivity contribution < 1.29 is 4.79 Å². The van der Waals surface area contributed by atoms with Crippen LogP contribution in [0, 0.1) is 0 Å². The Hall–Kier alpha value is -1.98. The van der Waals surface area contributed by atoms with Gasteiger partial charge in [-0.3, -0.25) is 9.69 Å². The first-order chi connectivity index (χ1) is 14.2. The van der Waals surface area contributed by atoms with Crippen molar-refractivity contribution in [3.8, 4) is 0 Å². The molecule has 2 heterocycles. The molecule has 0 aromatic heterocycles. The fourth-order valence-corrected chi connectivity index (χ4v) is 5.52. The second-order valence-corrected chi connectivity index (χ2v) is 9.44. The molecule has 154 valence electrons. The van der Waals surface area contributed by atoms with Crippen molar-refractivity contribution in [1.29, 1.82) is 0 Å². The quantitative estimate of drug-likeness (QED) is 0.777. The third-order valence-corrected chi connectivity index (χ3v) is 7.33. The van der Waals surface area contributed by atoms with Crippen LogP contribution in [0.4, 0.5) is 5.69 Å². The first kappa shape index (κ1) is 20.3. The number of fused-ring (bicyclic) bond motifs is 1. The third-order valence-electron chi connectivity index (χ3n) is 5.92. The SMILES string of the molecule is CC[C@@H]1CN(CC(=O)NC2CCN(Cc3ccccc3)CC2)c2ccccc2S1. The van der Waals surface area contributed by atoms with E-state index < -0.39 is 0 Å². The van der Waals surface area contributed by atoms with Gasteiger partial charge in [-0.1, -0.05) is 49.4 Å². The van der Waals surface area contributed by atoms with Gasteiger partial charge >= 0.3 is 0 Å². The molecular formula is C24H31N3OS. The van der Waals surface area contributed by atoms with Crippen LogP contribution in [0.15, 0.2) is 59.5 Å². The molecule has 5 heteroatoms. The maximum Gasteiger partial charge on any atom is 0.239 e. The topological polar surface area (TPSA) is 35.6 Å². The Morgan fingerprint density at radius 3 is 2.55 bits per heavy atom. The van der Waals surface area contributed by atoms with E-state index in [4.69, 9.17) is 0 Å². The Kier molecular flexibility index (Phi) is 6.78. The average molecular weight is 410 g/mol. The molecule has 0 saturated carbocycles. The molecule has 1 amide bonds. The van der Waals surface area contributed by atoms with E-state index in [1.807, 2.05) is 11.8 Å². The summed E-state index contributed by atoms with van der Waals surface area (Å²) < 4.78 is 0. The summed E-state index contributed by atoms with van der Waals surface area (Å²) in [4.78, 5) is 18.8. The van der Waals surface area contributed by atoms with Crippen LogP contribution in [-0.4, -0.2) is 48.3 Å². The van der Waals surface area contributed by atoms with Crippen molar-refractivity contribution in [2.24, 2.45) is 0 Å². The van der Waals surface area contributed by atoms with Gasteiger partial charge in [0, 0.05) is 42.4 Å². The Morgan fingerprint density at radius 2 is 1.79 bits per heavy atom. The van der Waals surface area contributed by atoms with Gasteiger partial charge < -0.3 is 10.2 Å². The molecule has 0 bridgehead atoms. The highest BCUT2D eigenvalue weighted by Gasteiger charge is 2.26. The van der Waals surface area contributed by atoms with E-state index >= 15 is 0 Å². The molecule has 0 spiro atoms. The van der Waals surface area contributed by atoms with E-state index in [-0.39, 0.29) is 5.91 Å². The first-order valence-electron chi connectivity index (χ1n) is 10.8. The largest absolute Gasteiger partial charge is 0.360 e. The molecule has 4 rings (SSSR count). The smallest absolute Gasteiger partial charge is 0.239 e. The molecule has 0 aliphatic carbocycles. The lowest BCUT2D eigenvalue weighted by Gasteiger charge is -2.36. The monoisotopic (exact) mass is 409 g/mol. The standard InChI is InChI=1S/C24H31N3OS/c1-2-21-17-27(22-10-6-7-11-23(22)29-21)18-24(28)25-20-12-14-26(15-13-20)16-19-8-4-3-5-9-19/h3-11,20-21H,2,12-18H2,1H3,(H,25,28)/t21-/m1/s1. The Bertz CT molecular complexity index is 805. The van der Waals surface area contributed by atoms with Crippen LogP contribution in [0.2, 0.25) is 0 Å². The summed E-state index contributed by atoms with van der Waals surface area (Å²) in [6.07, 6.45) is 3.18. The maximum atomic E-state index is 12.8. The van der Waals surface area contributed by atoms with Gasteiger partial charge in [-0.2, -0.15) is 0 Å². The number of nitrogens with zero attached hydrogens (tertiary/aromatic N) is 2. The van der Waals surface area contributed by atoms with Gasteiger partial charge in [-0.15, -0.1) is 11.8 Å². The van der Waals surface area contributed by atoms with Crippen molar-refractivity contribution in [3.63, 3.8) is 0 Å².